The van der Waals surface area contributed by atoms with Gasteiger partial charge >= 0.3 is 0 Å². The molecular weight excluding hydrogens is 1170 g/mol. The van der Waals surface area contributed by atoms with Gasteiger partial charge in [-0.05, 0) is 132 Å². The number of fused-ring (bicyclic) bond motifs is 28. The van der Waals surface area contributed by atoms with Gasteiger partial charge < -0.3 is 57.4 Å². The first kappa shape index (κ1) is 54.3. The van der Waals surface area contributed by atoms with Crippen LogP contribution in [0.5, 0.6) is 0 Å². The second-order valence-electron chi connectivity index (χ2n) is 25.7. The maximum Gasteiger partial charge on any atom is 0.206 e. The second kappa shape index (κ2) is 20.4. The van der Waals surface area contributed by atoms with Crippen LogP contribution in [0.1, 0.15) is 49.0 Å². The summed E-state index contributed by atoms with van der Waals surface area (Å²) in [5.41, 5.74) is 20.4. The van der Waals surface area contributed by atoms with E-state index >= 15 is 0 Å². The Morgan fingerprint density at radius 2 is 0.857 bits per heavy atom. The van der Waals surface area contributed by atoms with Crippen LogP contribution in [0.4, 0.5) is 50.7 Å². The SMILES string of the molecule is CC1=CN2c3c(oc4ccccc34)CC2N1C.CC1=CN2c3cc4cscc4cc3CC2N1C.CC1=CN2c3sc4ccccc4c3CC2N1C.CN1c2ccccc2N2c3c(oc4ccccc34)CC12.CN1c2ccccc2N2c3oc4ccccc4c3CC12. The first-order chi connectivity index (χ1) is 44.4. The van der Waals surface area contributed by atoms with Crippen molar-refractivity contribution in [2.75, 3.05) is 69.5 Å². The van der Waals surface area contributed by atoms with Crippen LogP contribution >= 0.6 is 22.7 Å². The van der Waals surface area contributed by atoms with E-state index in [9.17, 15) is 0 Å². The summed E-state index contributed by atoms with van der Waals surface area (Å²) in [5, 5.41) is 13.8. The third-order valence-electron chi connectivity index (χ3n) is 20.9. The van der Waals surface area contributed by atoms with Crippen LogP contribution in [0, 0.1) is 0 Å². The number of likely N-dealkylation sites (N-methyl/N-ethyl adjacent to an activating group) is 5. The normalized spacial score (nSPS) is 20.8. The van der Waals surface area contributed by atoms with Crippen LogP contribution in [-0.4, -0.2) is 80.8 Å². The molecule has 0 radical (unpaired) electrons. The number of hydrogen-bond donors (Lipinski definition) is 0. The number of allylic oxidation sites excluding steroid dienone is 3. The molecule has 0 aliphatic carbocycles. The summed E-state index contributed by atoms with van der Waals surface area (Å²) in [4.78, 5) is 23.7. The molecule has 5 unspecified atom stereocenters. The fourth-order valence-electron chi connectivity index (χ4n) is 15.9. The average molecular weight is 1240 g/mol. The van der Waals surface area contributed by atoms with Crippen LogP contribution in [0.25, 0.3) is 53.8 Å². The zero-order chi connectivity index (χ0) is 61.2. The lowest BCUT2D eigenvalue weighted by atomic mass is 10.1. The first-order valence-electron chi connectivity index (χ1n) is 31.8. The predicted octanol–water partition coefficient (Wildman–Crippen LogP) is 17.5. The molecule has 13 nitrogen and oxygen atoms in total. The smallest absolute Gasteiger partial charge is 0.206 e. The molecule has 12 aromatic rings. The Bertz CT molecular complexity index is 4990. The number of anilines is 9. The minimum atomic E-state index is 0.353. The highest BCUT2D eigenvalue weighted by Gasteiger charge is 2.46. The van der Waals surface area contributed by atoms with Gasteiger partial charge in [-0.2, -0.15) is 11.3 Å². The molecule has 7 aromatic carbocycles. The van der Waals surface area contributed by atoms with Crippen LogP contribution < -0.4 is 34.3 Å². The molecule has 10 aliphatic heterocycles. The molecule has 454 valence electrons. The largest absolute Gasteiger partial charge is 0.459 e. The molecule has 15 heterocycles. The lowest BCUT2D eigenvalue weighted by Crippen LogP contribution is -2.36. The molecule has 0 amide bonds. The molecule has 15 heteroatoms. The summed E-state index contributed by atoms with van der Waals surface area (Å²) in [6.07, 6.45) is 14.1. The summed E-state index contributed by atoms with van der Waals surface area (Å²) in [6.45, 7) is 6.52. The maximum atomic E-state index is 6.13. The fourth-order valence-corrected chi connectivity index (χ4v) is 18.0. The van der Waals surface area contributed by atoms with Gasteiger partial charge in [0.1, 0.15) is 64.1 Å². The third-order valence-corrected chi connectivity index (χ3v) is 22.9. The number of thiophene rings is 2. The van der Waals surface area contributed by atoms with Gasteiger partial charge in [0.05, 0.1) is 34.1 Å². The Labute approximate surface area is 537 Å². The van der Waals surface area contributed by atoms with Gasteiger partial charge in [0.25, 0.3) is 0 Å². The molecule has 0 spiro atoms. The molecular formula is C76H70N10O3S2. The summed E-state index contributed by atoms with van der Waals surface area (Å²) < 4.78 is 19.5. The van der Waals surface area contributed by atoms with E-state index in [1.54, 1.807) is 11.3 Å². The van der Waals surface area contributed by atoms with E-state index in [1.165, 1.54) is 116 Å². The van der Waals surface area contributed by atoms with Crippen molar-refractivity contribution < 1.29 is 13.3 Å². The molecule has 0 bridgehead atoms. The zero-order valence-electron chi connectivity index (χ0n) is 52.3. The van der Waals surface area contributed by atoms with E-state index in [2.05, 4.69) is 256 Å². The molecule has 5 atom stereocenters. The number of hydrogen-bond acceptors (Lipinski definition) is 15. The first-order valence-corrected chi connectivity index (χ1v) is 33.5. The number of para-hydroxylation sites is 7. The topological polar surface area (TPSA) is 71.8 Å². The van der Waals surface area contributed by atoms with Crippen molar-refractivity contribution in [3.05, 3.63) is 232 Å². The van der Waals surface area contributed by atoms with E-state index in [0.29, 0.717) is 30.8 Å². The summed E-state index contributed by atoms with van der Waals surface area (Å²) in [6, 6.07) is 55.5. The highest BCUT2D eigenvalue weighted by Crippen LogP contribution is 2.55. The Hall–Kier alpha value is -9.70. The number of benzene rings is 7. The molecule has 5 aromatic heterocycles. The van der Waals surface area contributed by atoms with Gasteiger partial charge in [-0.1, -0.05) is 84.9 Å². The van der Waals surface area contributed by atoms with Crippen molar-refractivity contribution in [2.24, 2.45) is 0 Å². The van der Waals surface area contributed by atoms with Crippen molar-refractivity contribution in [3.8, 4) is 0 Å². The Morgan fingerprint density at radius 1 is 0.385 bits per heavy atom. The van der Waals surface area contributed by atoms with Gasteiger partial charge in [0.15, 0.2) is 0 Å². The molecule has 0 saturated heterocycles. The lowest BCUT2D eigenvalue weighted by molar-refractivity contribution is 0.334. The van der Waals surface area contributed by atoms with Crippen LogP contribution in [0.15, 0.2) is 217 Å². The Kier molecular flexibility index (Phi) is 12.2. The third kappa shape index (κ3) is 8.12. The van der Waals surface area contributed by atoms with Crippen molar-refractivity contribution in [2.45, 2.75) is 83.7 Å². The van der Waals surface area contributed by atoms with Crippen molar-refractivity contribution in [1.29, 1.82) is 0 Å². The Balaban J connectivity index is 0.0000000845. The van der Waals surface area contributed by atoms with Crippen molar-refractivity contribution in [3.63, 3.8) is 0 Å². The zero-order valence-corrected chi connectivity index (χ0v) is 54.0. The highest BCUT2D eigenvalue weighted by molar-refractivity contribution is 7.23. The average Bonchev–Trinajstić information content (AvgIpc) is 1.59. The molecule has 22 rings (SSSR count). The summed E-state index contributed by atoms with van der Waals surface area (Å²) in [5.74, 6) is 3.25. The van der Waals surface area contributed by atoms with E-state index in [0.717, 1.165) is 66.3 Å². The fraction of sp³-hybridized carbons (Fsp3) is 0.237. The molecule has 0 saturated carbocycles. The minimum absolute atomic E-state index is 0.353. The van der Waals surface area contributed by atoms with Crippen LogP contribution in [-0.2, 0) is 32.1 Å². The second-order valence-corrected chi connectivity index (χ2v) is 27.5. The number of nitrogens with zero attached hydrogens (tertiary/aromatic N) is 10. The Morgan fingerprint density at radius 3 is 1.53 bits per heavy atom. The molecule has 0 N–H and O–H groups in total. The van der Waals surface area contributed by atoms with Crippen molar-refractivity contribution in [1.82, 2.24) is 14.7 Å². The van der Waals surface area contributed by atoms with Crippen molar-refractivity contribution >= 4 is 127 Å². The van der Waals surface area contributed by atoms with Gasteiger partial charge in [-0.3, -0.25) is 4.90 Å². The number of rotatable bonds is 0. The van der Waals surface area contributed by atoms with Gasteiger partial charge in [-0.15, -0.1) is 11.3 Å². The number of furan rings is 3. The van der Waals surface area contributed by atoms with Gasteiger partial charge in [-0.25, -0.2) is 0 Å². The standard InChI is InChI=1S/2C17H14N2O.C14H14N2O.2C14H14N2S/c1-18-13-7-3-4-8-14(13)19-16(18)10-12-11-6-2-5-9-15(11)20-17(12)19;1-18-12-7-3-4-8-13(12)19-16(18)10-15-17(19)11-6-2-5-9-14(11)20-15;1-9-8-16-13(15(9)2)7-12-14(16)10-5-3-4-6-11(10)17-12;1-9-6-16-13-4-12-8-17-7-11(12)3-10(13)5-14(16)15(9)2;1-9-8-16-13(15(9)2)7-11-10-5-3-4-6-12(10)17-14(11)16/h2*2-9,16H,10H2,1H3;3-6,8,13H,7H2,1-2H3;3-4,6-8,14H,5H2,1-2H3;3-6,8,13H,7H2,1-2H3. The van der Waals surface area contributed by atoms with Gasteiger partial charge in [0, 0.05) is 135 Å². The summed E-state index contributed by atoms with van der Waals surface area (Å²) in [7, 11) is 10.8. The van der Waals surface area contributed by atoms with E-state index in [4.69, 9.17) is 13.3 Å². The van der Waals surface area contributed by atoms with Crippen LogP contribution in [0.3, 0.4) is 0 Å². The quantitative estimate of drug-likeness (QED) is 0.145. The van der Waals surface area contributed by atoms with E-state index < -0.39 is 0 Å². The van der Waals surface area contributed by atoms with Gasteiger partial charge in [0.2, 0.25) is 5.88 Å². The lowest BCUT2D eigenvalue weighted by Gasteiger charge is -2.24. The molecule has 10 aliphatic rings. The van der Waals surface area contributed by atoms with E-state index in [-0.39, 0.29) is 0 Å². The van der Waals surface area contributed by atoms with E-state index in [1.807, 2.05) is 47.7 Å². The molecule has 91 heavy (non-hydrogen) atoms. The highest BCUT2D eigenvalue weighted by atomic mass is 32.1. The molecule has 0 fully saturated rings. The summed E-state index contributed by atoms with van der Waals surface area (Å²) >= 11 is 3.71. The maximum absolute atomic E-state index is 6.13. The monoisotopic (exact) mass is 1230 g/mol. The minimum Gasteiger partial charge on any atom is -0.459 e. The predicted molar refractivity (Wildman–Crippen MR) is 376 cm³/mol. The van der Waals surface area contributed by atoms with Crippen LogP contribution in [0.2, 0.25) is 0 Å².